The van der Waals surface area contributed by atoms with E-state index in [1.54, 1.807) is 0 Å². The lowest BCUT2D eigenvalue weighted by molar-refractivity contribution is -0.149. The van der Waals surface area contributed by atoms with Gasteiger partial charge in [0, 0.05) is 19.4 Å². The lowest BCUT2D eigenvalue weighted by Crippen LogP contribution is -2.43. The van der Waals surface area contributed by atoms with E-state index in [1.165, 1.54) is 0 Å². The molecule has 108 valence electrons. The number of aliphatic carboxylic acids is 2. The van der Waals surface area contributed by atoms with E-state index in [-0.39, 0.29) is 19.4 Å². The van der Waals surface area contributed by atoms with Crippen LogP contribution in [0.1, 0.15) is 19.3 Å². The van der Waals surface area contributed by atoms with Gasteiger partial charge in [0.05, 0.1) is 0 Å². The molecule has 1 saturated heterocycles. The van der Waals surface area contributed by atoms with E-state index in [0.29, 0.717) is 0 Å². The van der Waals surface area contributed by atoms with Crippen LogP contribution in [0, 0.1) is 0 Å². The van der Waals surface area contributed by atoms with Crippen molar-refractivity contribution in [2.45, 2.75) is 30.6 Å². The third kappa shape index (κ3) is 3.89. The molecule has 0 aromatic heterocycles. The standard InChI is InChI=1S/C9H14N2O7S/c10-19(17,18)5-3-7(12)11(4-5)6(9(15)16)1-2-8(13)14/h5-6H,1-4H2,(H,13,14)(H,15,16)(H2,10,17,18). The molecule has 2 unspecified atom stereocenters. The van der Waals surface area contributed by atoms with E-state index in [1.807, 2.05) is 0 Å². The van der Waals surface area contributed by atoms with E-state index in [2.05, 4.69) is 0 Å². The first-order chi connectivity index (χ1) is 8.62. The predicted octanol–water partition coefficient (Wildman–Crippen LogP) is -1.81. The maximum absolute atomic E-state index is 11.6. The second-order valence-corrected chi connectivity index (χ2v) is 6.09. The summed E-state index contributed by atoms with van der Waals surface area (Å²) in [6.45, 7) is -0.325. The van der Waals surface area contributed by atoms with Gasteiger partial charge in [0.1, 0.15) is 11.3 Å². The normalized spacial score (nSPS) is 21.4. The Hall–Kier alpha value is -1.68. The molecule has 0 saturated carbocycles. The summed E-state index contributed by atoms with van der Waals surface area (Å²) in [5.41, 5.74) is 0. The highest BCUT2D eigenvalue weighted by atomic mass is 32.2. The Morgan fingerprint density at radius 1 is 1.42 bits per heavy atom. The van der Waals surface area contributed by atoms with Crippen molar-refractivity contribution in [2.75, 3.05) is 6.54 Å². The largest absolute Gasteiger partial charge is 0.481 e. The number of carbonyl (C=O) groups excluding carboxylic acids is 1. The fourth-order valence-corrected chi connectivity index (χ4v) is 2.63. The zero-order valence-corrected chi connectivity index (χ0v) is 10.7. The summed E-state index contributed by atoms with van der Waals surface area (Å²) in [6.07, 6.45) is -1.09. The van der Waals surface area contributed by atoms with Gasteiger partial charge < -0.3 is 15.1 Å². The molecule has 0 spiro atoms. The molecular formula is C9H14N2O7S. The third-order valence-corrected chi connectivity index (χ3v) is 4.13. The molecule has 0 aliphatic carbocycles. The average molecular weight is 294 g/mol. The lowest BCUT2D eigenvalue weighted by atomic mass is 10.1. The molecule has 1 rings (SSSR count). The highest BCUT2D eigenvalue weighted by Gasteiger charge is 2.41. The minimum atomic E-state index is -3.93. The molecular weight excluding hydrogens is 280 g/mol. The molecule has 4 N–H and O–H groups in total. The number of carboxylic acid groups (broad SMARTS) is 2. The van der Waals surface area contributed by atoms with Crippen LogP contribution in [-0.4, -0.2) is 59.2 Å². The Balaban J connectivity index is 2.84. The van der Waals surface area contributed by atoms with E-state index < -0.39 is 45.6 Å². The number of nitrogens with two attached hydrogens (primary N) is 1. The van der Waals surface area contributed by atoms with Crippen molar-refractivity contribution < 1.29 is 33.0 Å². The number of sulfonamides is 1. The molecule has 1 heterocycles. The van der Waals surface area contributed by atoms with Gasteiger partial charge in [0.15, 0.2) is 0 Å². The second kappa shape index (κ2) is 5.53. The summed E-state index contributed by atoms with van der Waals surface area (Å²) in [5.74, 6) is -3.22. The highest BCUT2D eigenvalue weighted by Crippen LogP contribution is 2.21. The fraction of sp³-hybridized carbons (Fsp3) is 0.667. The van der Waals surface area contributed by atoms with Crippen LogP contribution in [0.2, 0.25) is 0 Å². The topological polar surface area (TPSA) is 155 Å². The van der Waals surface area contributed by atoms with Crippen molar-refractivity contribution in [3.05, 3.63) is 0 Å². The number of hydrogen-bond donors (Lipinski definition) is 3. The number of likely N-dealkylation sites (tertiary alicyclic amines) is 1. The van der Waals surface area contributed by atoms with Crippen LogP contribution >= 0.6 is 0 Å². The molecule has 1 amide bonds. The zero-order valence-electron chi connectivity index (χ0n) is 9.85. The molecule has 19 heavy (non-hydrogen) atoms. The number of rotatable bonds is 6. The van der Waals surface area contributed by atoms with E-state index in [4.69, 9.17) is 15.4 Å². The molecule has 9 nitrogen and oxygen atoms in total. The van der Waals surface area contributed by atoms with Gasteiger partial charge in [-0.25, -0.2) is 18.4 Å². The minimum absolute atomic E-state index is 0.284. The molecule has 2 atom stereocenters. The van der Waals surface area contributed by atoms with Crippen molar-refractivity contribution in [3.63, 3.8) is 0 Å². The van der Waals surface area contributed by atoms with Crippen molar-refractivity contribution in [3.8, 4) is 0 Å². The van der Waals surface area contributed by atoms with Crippen LogP contribution in [0.3, 0.4) is 0 Å². The van der Waals surface area contributed by atoms with Crippen LogP contribution in [0.4, 0.5) is 0 Å². The summed E-state index contributed by atoms with van der Waals surface area (Å²) in [7, 11) is -3.93. The summed E-state index contributed by atoms with van der Waals surface area (Å²) in [6, 6.07) is -1.35. The van der Waals surface area contributed by atoms with Gasteiger partial charge in [0.25, 0.3) is 0 Å². The van der Waals surface area contributed by atoms with Crippen molar-refractivity contribution in [1.29, 1.82) is 0 Å². The number of carbonyl (C=O) groups is 3. The molecule has 10 heteroatoms. The van der Waals surface area contributed by atoms with Gasteiger partial charge in [-0.05, 0) is 6.42 Å². The fourth-order valence-electron chi connectivity index (χ4n) is 1.89. The summed E-state index contributed by atoms with van der Waals surface area (Å²) in [4.78, 5) is 33.9. The smallest absolute Gasteiger partial charge is 0.326 e. The van der Waals surface area contributed by atoms with Gasteiger partial charge in [-0.2, -0.15) is 0 Å². The Morgan fingerprint density at radius 3 is 2.37 bits per heavy atom. The Morgan fingerprint density at radius 2 is 2.00 bits per heavy atom. The van der Waals surface area contributed by atoms with Crippen molar-refractivity contribution in [2.24, 2.45) is 5.14 Å². The van der Waals surface area contributed by atoms with Gasteiger partial charge in [0.2, 0.25) is 15.9 Å². The molecule has 0 radical (unpaired) electrons. The maximum atomic E-state index is 11.6. The van der Waals surface area contributed by atoms with Crippen molar-refractivity contribution >= 4 is 27.9 Å². The molecule has 1 aliphatic heterocycles. The van der Waals surface area contributed by atoms with Gasteiger partial charge in [-0.1, -0.05) is 0 Å². The quantitative estimate of drug-likeness (QED) is 0.521. The molecule has 0 aromatic carbocycles. The van der Waals surface area contributed by atoms with Crippen LogP contribution in [0.5, 0.6) is 0 Å². The lowest BCUT2D eigenvalue weighted by Gasteiger charge is -2.23. The van der Waals surface area contributed by atoms with Crippen LogP contribution in [0.15, 0.2) is 0 Å². The van der Waals surface area contributed by atoms with Gasteiger partial charge >= 0.3 is 11.9 Å². The average Bonchev–Trinajstić information content (AvgIpc) is 2.60. The summed E-state index contributed by atoms with van der Waals surface area (Å²) >= 11 is 0. The SMILES string of the molecule is NS(=O)(=O)C1CC(=O)N(C(CCC(=O)O)C(=O)O)C1. The predicted molar refractivity (Wildman–Crippen MR) is 61.5 cm³/mol. The first kappa shape index (κ1) is 15.4. The summed E-state index contributed by atoms with van der Waals surface area (Å²) in [5, 5.41) is 21.3. The second-order valence-electron chi connectivity index (χ2n) is 4.25. The van der Waals surface area contributed by atoms with E-state index in [0.717, 1.165) is 4.90 Å². The Labute approximate surface area is 109 Å². The number of amides is 1. The monoisotopic (exact) mass is 294 g/mol. The summed E-state index contributed by atoms with van der Waals surface area (Å²) < 4.78 is 22.3. The number of primary sulfonamides is 1. The Kier molecular flexibility index (Phi) is 4.48. The first-order valence-electron chi connectivity index (χ1n) is 5.38. The molecule has 0 aromatic rings. The van der Waals surface area contributed by atoms with Crippen molar-refractivity contribution in [1.82, 2.24) is 4.90 Å². The molecule has 1 fully saturated rings. The van der Waals surface area contributed by atoms with E-state index in [9.17, 15) is 22.8 Å². The Bertz CT molecular complexity index is 501. The maximum Gasteiger partial charge on any atom is 0.326 e. The highest BCUT2D eigenvalue weighted by molar-refractivity contribution is 7.89. The van der Waals surface area contributed by atoms with Gasteiger partial charge in [-0.3, -0.25) is 9.59 Å². The van der Waals surface area contributed by atoms with Crippen LogP contribution in [0.25, 0.3) is 0 Å². The van der Waals surface area contributed by atoms with Crippen LogP contribution < -0.4 is 5.14 Å². The first-order valence-corrected chi connectivity index (χ1v) is 6.99. The third-order valence-electron chi connectivity index (χ3n) is 2.88. The molecule has 0 bridgehead atoms. The number of nitrogens with zero attached hydrogens (tertiary/aromatic N) is 1. The number of carboxylic acids is 2. The van der Waals surface area contributed by atoms with E-state index >= 15 is 0 Å². The van der Waals surface area contributed by atoms with Gasteiger partial charge in [-0.15, -0.1) is 0 Å². The van der Waals surface area contributed by atoms with Crippen LogP contribution in [-0.2, 0) is 24.4 Å². The molecule has 1 aliphatic rings. The number of hydrogen-bond acceptors (Lipinski definition) is 5. The zero-order chi connectivity index (χ0) is 14.8. The minimum Gasteiger partial charge on any atom is -0.481 e.